The highest BCUT2D eigenvalue weighted by atomic mass is 14.9. The molecule has 4 N–H and O–H groups in total. The lowest BCUT2D eigenvalue weighted by atomic mass is 10.1. The van der Waals surface area contributed by atoms with Gasteiger partial charge < -0.3 is 16.0 Å². The summed E-state index contributed by atoms with van der Waals surface area (Å²) >= 11 is 0. The fourth-order valence-corrected chi connectivity index (χ4v) is 1.67. The zero-order valence-electron chi connectivity index (χ0n) is 8.88. The summed E-state index contributed by atoms with van der Waals surface area (Å²) in [7, 11) is 0. The lowest BCUT2D eigenvalue weighted by Gasteiger charge is -2.01. The Morgan fingerprint density at radius 3 is 3.13 bits per heavy atom. The number of aryl methyl sites for hydroxylation is 1. The second-order valence-corrected chi connectivity index (χ2v) is 3.63. The number of nitrogens with one attached hydrogen (secondary N) is 2. The highest BCUT2D eigenvalue weighted by Crippen LogP contribution is 2.13. The lowest BCUT2D eigenvalue weighted by Crippen LogP contribution is -2.24. The zero-order chi connectivity index (χ0) is 10.7. The van der Waals surface area contributed by atoms with Gasteiger partial charge in [-0.1, -0.05) is 6.07 Å². The number of benzene rings is 1. The monoisotopic (exact) mass is 204 g/mol. The lowest BCUT2D eigenvalue weighted by molar-refractivity contribution is 0.701. The number of hydrogen-bond acceptors (Lipinski definition) is 3. The van der Waals surface area contributed by atoms with Crippen molar-refractivity contribution in [3.63, 3.8) is 0 Å². The van der Waals surface area contributed by atoms with E-state index in [0.717, 1.165) is 29.8 Å². The molecule has 1 heterocycles. The summed E-state index contributed by atoms with van der Waals surface area (Å²) < 4.78 is 0. The summed E-state index contributed by atoms with van der Waals surface area (Å²) in [6.07, 6.45) is 0.991. The van der Waals surface area contributed by atoms with Crippen LogP contribution < -0.4 is 11.1 Å². The first-order chi connectivity index (χ1) is 7.29. The van der Waals surface area contributed by atoms with Crippen LogP contribution in [0.15, 0.2) is 18.2 Å². The van der Waals surface area contributed by atoms with E-state index < -0.39 is 0 Å². The first kappa shape index (κ1) is 10.1. The Labute approximate surface area is 88.9 Å². The molecule has 4 nitrogen and oxygen atoms in total. The summed E-state index contributed by atoms with van der Waals surface area (Å²) in [6.45, 7) is 3.41. The van der Waals surface area contributed by atoms with Crippen LogP contribution in [-0.4, -0.2) is 23.2 Å². The van der Waals surface area contributed by atoms with Crippen molar-refractivity contribution in [1.82, 2.24) is 15.3 Å². The van der Waals surface area contributed by atoms with Gasteiger partial charge in [0.15, 0.2) is 0 Å². The smallest absolute Gasteiger partial charge is 0.104 e. The molecular formula is C11H16N4. The van der Waals surface area contributed by atoms with E-state index in [4.69, 9.17) is 5.73 Å². The van der Waals surface area contributed by atoms with Gasteiger partial charge in [0.25, 0.3) is 0 Å². The predicted molar refractivity (Wildman–Crippen MR) is 61.6 cm³/mol. The number of aromatic amines is 1. The standard InChI is InChI=1S/C11H16N4/c1-8-14-10-3-2-9(4-5-13-7-12)6-11(10)15-8/h2-3,6,13H,4-5,7,12H2,1H3,(H,14,15). The molecule has 2 rings (SSSR count). The van der Waals surface area contributed by atoms with Crippen molar-refractivity contribution in [3.05, 3.63) is 29.6 Å². The Bertz CT molecular complexity index is 447. The number of aromatic nitrogens is 2. The Morgan fingerprint density at radius 2 is 2.33 bits per heavy atom. The van der Waals surface area contributed by atoms with Gasteiger partial charge in [0.05, 0.1) is 11.0 Å². The molecule has 0 atom stereocenters. The summed E-state index contributed by atoms with van der Waals surface area (Å²) in [5, 5.41) is 3.10. The fraction of sp³-hybridized carbons (Fsp3) is 0.364. The van der Waals surface area contributed by atoms with Crippen LogP contribution in [0.4, 0.5) is 0 Å². The van der Waals surface area contributed by atoms with Gasteiger partial charge in [-0.05, 0) is 31.0 Å². The Balaban J connectivity index is 2.15. The number of rotatable bonds is 4. The summed E-state index contributed by atoms with van der Waals surface area (Å²) in [5.41, 5.74) is 8.80. The minimum Gasteiger partial charge on any atom is -0.342 e. The highest BCUT2D eigenvalue weighted by Gasteiger charge is 2.00. The number of nitrogens with zero attached hydrogens (tertiary/aromatic N) is 1. The third-order valence-corrected chi connectivity index (χ3v) is 2.40. The molecule has 0 radical (unpaired) electrons. The van der Waals surface area contributed by atoms with Gasteiger partial charge in [-0.25, -0.2) is 4.98 Å². The van der Waals surface area contributed by atoms with Crippen molar-refractivity contribution >= 4 is 11.0 Å². The molecule has 1 aromatic carbocycles. The summed E-state index contributed by atoms with van der Waals surface area (Å²) in [5.74, 6) is 0.960. The van der Waals surface area contributed by atoms with E-state index in [1.54, 1.807) is 0 Å². The van der Waals surface area contributed by atoms with Crippen molar-refractivity contribution in [2.24, 2.45) is 5.73 Å². The van der Waals surface area contributed by atoms with Crippen molar-refractivity contribution in [1.29, 1.82) is 0 Å². The molecule has 0 bridgehead atoms. The van der Waals surface area contributed by atoms with Gasteiger partial charge in [0.2, 0.25) is 0 Å². The van der Waals surface area contributed by atoms with Crippen molar-refractivity contribution in [2.75, 3.05) is 13.2 Å². The van der Waals surface area contributed by atoms with E-state index in [2.05, 4.69) is 33.5 Å². The molecule has 0 unspecified atom stereocenters. The summed E-state index contributed by atoms with van der Waals surface area (Å²) in [4.78, 5) is 7.59. The molecule has 0 fully saturated rings. The van der Waals surface area contributed by atoms with Crippen molar-refractivity contribution in [2.45, 2.75) is 13.3 Å². The van der Waals surface area contributed by atoms with E-state index in [-0.39, 0.29) is 0 Å². The largest absolute Gasteiger partial charge is 0.342 e. The van der Waals surface area contributed by atoms with Crippen LogP contribution in [0.5, 0.6) is 0 Å². The molecule has 1 aromatic heterocycles. The first-order valence-corrected chi connectivity index (χ1v) is 5.15. The molecule has 4 heteroatoms. The highest BCUT2D eigenvalue weighted by molar-refractivity contribution is 5.75. The third-order valence-electron chi connectivity index (χ3n) is 2.40. The van der Waals surface area contributed by atoms with Gasteiger partial charge in [0, 0.05) is 13.2 Å². The van der Waals surface area contributed by atoms with Crippen LogP contribution in [0.25, 0.3) is 11.0 Å². The van der Waals surface area contributed by atoms with Crippen molar-refractivity contribution in [3.8, 4) is 0 Å². The zero-order valence-corrected chi connectivity index (χ0v) is 8.88. The second-order valence-electron chi connectivity index (χ2n) is 3.63. The van der Waals surface area contributed by atoms with Gasteiger partial charge >= 0.3 is 0 Å². The molecule has 0 saturated heterocycles. The molecule has 0 aliphatic carbocycles. The van der Waals surface area contributed by atoms with E-state index >= 15 is 0 Å². The average Bonchev–Trinajstić information content (AvgIpc) is 2.57. The van der Waals surface area contributed by atoms with Gasteiger partial charge in [-0.3, -0.25) is 0 Å². The van der Waals surface area contributed by atoms with E-state index in [0.29, 0.717) is 6.67 Å². The summed E-state index contributed by atoms with van der Waals surface area (Å²) in [6, 6.07) is 6.31. The normalized spacial score (nSPS) is 11.1. The minimum absolute atomic E-state index is 0.533. The SMILES string of the molecule is Cc1nc2ccc(CCNCN)cc2[nH]1. The van der Waals surface area contributed by atoms with Gasteiger partial charge in [-0.2, -0.15) is 0 Å². The third kappa shape index (κ3) is 2.34. The molecule has 0 spiro atoms. The van der Waals surface area contributed by atoms with Gasteiger partial charge in [-0.15, -0.1) is 0 Å². The first-order valence-electron chi connectivity index (χ1n) is 5.15. The number of hydrogen-bond donors (Lipinski definition) is 3. The number of H-pyrrole nitrogens is 1. The van der Waals surface area contributed by atoms with E-state index in [1.165, 1.54) is 5.56 Å². The van der Waals surface area contributed by atoms with Crippen LogP contribution >= 0.6 is 0 Å². The molecule has 2 aromatic rings. The Kier molecular flexibility index (Phi) is 2.99. The molecular weight excluding hydrogens is 188 g/mol. The Hall–Kier alpha value is -1.39. The minimum atomic E-state index is 0.533. The predicted octanol–water partition coefficient (Wildman–Crippen LogP) is 0.920. The van der Waals surface area contributed by atoms with E-state index in [9.17, 15) is 0 Å². The average molecular weight is 204 g/mol. The quantitative estimate of drug-likeness (QED) is 0.512. The molecule has 80 valence electrons. The molecule has 0 amide bonds. The maximum Gasteiger partial charge on any atom is 0.104 e. The molecule has 0 saturated carbocycles. The molecule has 15 heavy (non-hydrogen) atoms. The maximum absolute atomic E-state index is 5.36. The van der Waals surface area contributed by atoms with E-state index in [1.807, 2.05) is 6.92 Å². The number of fused-ring (bicyclic) bond motifs is 1. The van der Waals surface area contributed by atoms with Crippen LogP contribution in [0.1, 0.15) is 11.4 Å². The topological polar surface area (TPSA) is 66.7 Å². The van der Waals surface area contributed by atoms with Crippen LogP contribution in [-0.2, 0) is 6.42 Å². The van der Waals surface area contributed by atoms with Crippen LogP contribution in [0, 0.1) is 6.92 Å². The number of nitrogens with two attached hydrogens (primary N) is 1. The van der Waals surface area contributed by atoms with Crippen LogP contribution in [0.3, 0.4) is 0 Å². The molecule has 0 aliphatic heterocycles. The van der Waals surface area contributed by atoms with Gasteiger partial charge in [0.1, 0.15) is 5.82 Å². The maximum atomic E-state index is 5.36. The second kappa shape index (κ2) is 4.42. The van der Waals surface area contributed by atoms with Crippen molar-refractivity contribution < 1.29 is 0 Å². The number of imidazole rings is 1. The van der Waals surface area contributed by atoms with Crippen LogP contribution in [0.2, 0.25) is 0 Å². The fourth-order valence-electron chi connectivity index (χ4n) is 1.67. The molecule has 0 aliphatic rings. The Morgan fingerprint density at radius 1 is 1.47 bits per heavy atom.